The smallest absolute Gasteiger partial charge is 0.337 e. The zero-order valence-electron chi connectivity index (χ0n) is 15.6. The van der Waals surface area contributed by atoms with Crippen LogP contribution in [0.4, 0.5) is 5.69 Å². The number of hydrogen-bond donors (Lipinski definition) is 1. The summed E-state index contributed by atoms with van der Waals surface area (Å²) in [6.45, 7) is 1.10. The van der Waals surface area contributed by atoms with Gasteiger partial charge >= 0.3 is 5.97 Å². The fraction of sp³-hybridized carbons (Fsp3) is 0.350. The lowest BCUT2D eigenvalue weighted by atomic mass is 9.94. The van der Waals surface area contributed by atoms with Crippen molar-refractivity contribution in [3.05, 3.63) is 47.0 Å². The van der Waals surface area contributed by atoms with E-state index in [1.807, 2.05) is 18.2 Å². The molecule has 0 aliphatic carbocycles. The molecule has 27 heavy (non-hydrogen) atoms. The molecule has 7 heteroatoms. The minimum Gasteiger partial charge on any atom is -0.492 e. The highest BCUT2D eigenvalue weighted by molar-refractivity contribution is 5.89. The zero-order chi connectivity index (χ0) is 19.0. The third kappa shape index (κ3) is 3.04. The molecule has 0 unspecified atom stereocenters. The van der Waals surface area contributed by atoms with E-state index in [9.17, 15) is 4.79 Å². The minimum absolute atomic E-state index is 0.0952. The van der Waals surface area contributed by atoms with Crippen LogP contribution in [-0.2, 0) is 11.2 Å². The summed E-state index contributed by atoms with van der Waals surface area (Å²) < 4.78 is 21.6. The monoisotopic (exact) mass is 370 g/mol. The Bertz CT molecular complexity index is 866. The zero-order valence-corrected chi connectivity index (χ0v) is 15.6. The Labute approximate surface area is 157 Å². The van der Waals surface area contributed by atoms with Gasteiger partial charge in [0.25, 0.3) is 0 Å². The number of hydrogen-bond acceptors (Lipinski definition) is 7. The van der Waals surface area contributed by atoms with Gasteiger partial charge in [-0.05, 0) is 49.4 Å². The van der Waals surface area contributed by atoms with Gasteiger partial charge < -0.3 is 24.3 Å². The fourth-order valence-electron chi connectivity index (χ4n) is 3.59. The first-order valence-electron chi connectivity index (χ1n) is 8.77. The lowest BCUT2D eigenvalue weighted by molar-refractivity contribution is 0.0600. The number of benzene rings is 2. The van der Waals surface area contributed by atoms with E-state index in [2.05, 4.69) is 17.3 Å². The molecule has 0 spiro atoms. The second-order valence-corrected chi connectivity index (χ2v) is 6.56. The van der Waals surface area contributed by atoms with Gasteiger partial charge in [0.15, 0.2) is 11.5 Å². The van der Waals surface area contributed by atoms with E-state index < -0.39 is 0 Å². The van der Waals surface area contributed by atoms with Gasteiger partial charge in [0.05, 0.1) is 19.8 Å². The molecule has 0 saturated carbocycles. The molecule has 2 aliphatic rings. The normalized spacial score (nSPS) is 18.0. The number of carbonyl (C=O) groups is 1. The molecule has 2 heterocycles. The minimum atomic E-state index is -0.351. The van der Waals surface area contributed by atoms with Crippen LogP contribution in [0, 0.1) is 0 Å². The third-order valence-electron chi connectivity index (χ3n) is 5.01. The molecule has 2 aromatic rings. The summed E-state index contributed by atoms with van der Waals surface area (Å²) in [6, 6.07) is 9.27. The summed E-state index contributed by atoms with van der Waals surface area (Å²) in [5.74, 6) is 1.74. The molecule has 2 aliphatic heterocycles. The SMILES string of the molecule is COC(=O)c1ccc(N[C@H]2c3c(cc4c(c3OC)OCO4)CCN2C)cc1. The molecule has 4 rings (SSSR count). The predicted molar refractivity (Wildman–Crippen MR) is 99.6 cm³/mol. The molecule has 0 amide bonds. The number of esters is 1. The lowest BCUT2D eigenvalue weighted by Gasteiger charge is -2.36. The summed E-state index contributed by atoms with van der Waals surface area (Å²) >= 11 is 0. The molecule has 1 N–H and O–H groups in total. The van der Waals surface area contributed by atoms with Crippen LogP contribution in [0.15, 0.2) is 30.3 Å². The van der Waals surface area contributed by atoms with E-state index in [-0.39, 0.29) is 18.9 Å². The number of carbonyl (C=O) groups excluding carboxylic acids is 1. The van der Waals surface area contributed by atoms with Gasteiger partial charge in [-0.2, -0.15) is 0 Å². The van der Waals surface area contributed by atoms with Crippen LogP contribution in [0.5, 0.6) is 17.2 Å². The Morgan fingerprint density at radius 2 is 2.00 bits per heavy atom. The van der Waals surface area contributed by atoms with E-state index in [0.717, 1.165) is 30.0 Å². The van der Waals surface area contributed by atoms with Crippen molar-refractivity contribution in [2.75, 3.05) is 39.9 Å². The van der Waals surface area contributed by atoms with Crippen LogP contribution in [0.1, 0.15) is 27.7 Å². The Balaban J connectivity index is 1.69. The van der Waals surface area contributed by atoms with Gasteiger partial charge in [0, 0.05) is 17.8 Å². The van der Waals surface area contributed by atoms with Gasteiger partial charge in [0.1, 0.15) is 6.17 Å². The first kappa shape index (κ1) is 17.5. The molecular weight excluding hydrogens is 348 g/mol. The number of rotatable bonds is 4. The third-order valence-corrected chi connectivity index (χ3v) is 5.01. The second-order valence-electron chi connectivity index (χ2n) is 6.56. The van der Waals surface area contributed by atoms with Crippen LogP contribution in [0.3, 0.4) is 0 Å². The van der Waals surface area contributed by atoms with Crippen molar-refractivity contribution in [2.45, 2.75) is 12.6 Å². The number of nitrogens with one attached hydrogen (secondary N) is 1. The van der Waals surface area contributed by atoms with Crippen LogP contribution in [0.25, 0.3) is 0 Å². The van der Waals surface area contributed by atoms with Crippen LogP contribution in [-0.4, -0.2) is 45.5 Å². The maximum Gasteiger partial charge on any atom is 0.337 e. The molecule has 0 aromatic heterocycles. The van der Waals surface area contributed by atoms with Crippen LogP contribution < -0.4 is 19.5 Å². The van der Waals surface area contributed by atoms with Crippen molar-refractivity contribution in [1.82, 2.24) is 4.90 Å². The van der Waals surface area contributed by atoms with Gasteiger partial charge in [-0.25, -0.2) is 4.79 Å². The number of fused-ring (bicyclic) bond motifs is 2. The van der Waals surface area contributed by atoms with Gasteiger partial charge in [-0.15, -0.1) is 0 Å². The number of ether oxygens (including phenoxy) is 4. The van der Waals surface area contributed by atoms with Crippen molar-refractivity contribution in [2.24, 2.45) is 0 Å². The van der Waals surface area contributed by atoms with Gasteiger partial charge in [-0.3, -0.25) is 4.90 Å². The fourth-order valence-corrected chi connectivity index (χ4v) is 3.59. The highest BCUT2D eigenvalue weighted by atomic mass is 16.7. The van der Waals surface area contributed by atoms with Crippen molar-refractivity contribution >= 4 is 11.7 Å². The molecule has 0 bridgehead atoms. The average Bonchev–Trinajstić information content (AvgIpc) is 3.16. The van der Waals surface area contributed by atoms with Crippen molar-refractivity contribution in [3.8, 4) is 17.2 Å². The van der Waals surface area contributed by atoms with E-state index >= 15 is 0 Å². The number of methoxy groups -OCH3 is 2. The lowest BCUT2D eigenvalue weighted by Crippen LogP contribution is -2.37. The van der Waals surface area contributed by atoms with E-state index in [1.165, 1.54) is 12.7 Å². The van der Waals surface area contributed by atoms with E-state index in [1.54, 1.807) is 19.2 Å². The molecule has 0 radical (unpaired) electrons. The van der Waals surface area contributed by atoms with Crippen LogP contribution >= 0.6 is 0 Å². The maximum atomic E-state index is 11.6. The largest absolute Gasteiger partial charge is 0.492 e. The highest BCUT2D eigenvalue weighted by Crippen LogP contribution is 2.49. The summed E-state index contributed by atoms with van der Waals surface area (Å²) in [4.78, 5) is 13.9. The Morgan fingerprint density at radius 1 is 1.22 bits per heavy atom. The average molecular weight is 370 g/mol. The van der Waals surface area contributed by atoms with Gasteiger partial charge in [0.2, 0.25) is 12.5 Å². The van der Waals surface area contributed by atoms with Gasteiger partial charge in [-0.1, -0.05) is 0 Å². The quantitative estimate of drug-likeness (QED) is 0.830. The van der Waals surface area contributed by atoms with Crippen molar-refractivity contribution < 1.29 is 23.7 Å². The Hall–Kier alpha value is -2.93. The topological polar surface area (TPSA) is 69.3 Å². The molecular formula is C20H22N2O5. The summed E-state index contributed by atoms with van der Waals surface area (Å²) in [5.41, 5.74) is 3.64. The molecule has 1 atom stereocenters. The molecule has 142 valence electrons. The Kier molecular flexibility index (Phi) is 4.53. The first-order valence-corrected chi connectivity index (χ1v) is 8.77. The molecule has 2 aromatic carbocycles. The first-order chi connectivity index (χ1) is 13.1. The van der Waals surface area contributed by atoms with E-state index in [0.29, 0.717) is 17.1 Å². The number of anilines is 1. The molecule has 7 nitrogen and oxygen atoms in total. The summed E-state index contributed by atoms with van der Waals surface area (Å²) in [7, 11) is 5.08. The molecule has 0 saturated heterocycles. The second kappa shape index (κ2) is 7.00. The standard InChI is InChI=1S/C20H22N2O5/c1-22-9-8-13-10-15-17(27-11-26-15)18(24-2)16(13)19(22)21-14-6-4-12(5-7-14)20(23)25-3/h4-7,10,19,21H,8-9,11H2,1-3H3/t19-/m1/s1. The molecule has 0 fully saturated rings. The van der Waals surface area contributed by atoms with Crippen LogP contribution in [0.2, 0.25) is 0 Å². The van der Waals surface area contributed by atoms with Crippen molar-refractivity contribution in [3.63, 3.8) is 0 Å². The van der Waals surface area contributed by atoms with Crippen molar-refractivity contribution in [1.29, 1.82) is 0 Å². The number of likely N-dealkylation sites (N-methyl/N-ethyl adjacent to an activating group) is 1. The van der Waals surface area contributed by atoms with E-state index in [4.69, 9.17) is 18.9 Å². The highest BCUT2D eigenvalue weighted by Gasteiger charge is 2.34. The summed E-state index contributed by atoms with van der Waals surface area (Å²) in [5, 5.41) is 3.53. The number of nitrogens with zero attached hydrogens (tertiary/aromatic N) is 1. The Morgan fingerprint density at radius 3 is 2.70 bits per heavy atom. The predicted octanol–water partition coefficient (Wildman–Crippen LogP) is 2.81. The summed E-state index contributed by atoms with van der Waals surface area (Å²) in [6.07, 6.45) is 0.806. The maximum absolute atomic E-state index is 11.6.